The Hall–Kier alpha value is -2.22. The van der Waals surface area contributed by atoms with E-state index in [4.69, 9.17) is 5.41 Å². The van der Waals surface area contributed by atoms with Gasteiger partial charge in [0.25, 0.3) is 0 Å². The predicted octanol–water partition coefficient (Wildman–Crippen LogP) is 14.7. The molecule has 0 radical (unpaired) electrons. The summed E-state index contributed by atoms with van der Waals surface area (Å²) in [7, 11) is 0. The zero-order chi connectivity index (χ0) is 35.0. The number of hydrogen-bond donors (Lipinski definition) is 2. The van der Waals surface area contributed by atoms with E-state index < -0.39 is 0 Å². The van der Waals surface area contributed by atoms with Gasteiger partial charge in [-0.15, -0.1) is 0 Å². The second kappa shape index (κ2) is 25.7. The van der Waals surface area contributed by atoms with E-state index in [1.165, 1.54) is 143 Å². The summed E-state index contributed by atoms with van der Waals surface area (Å²) in [5.74, 6) is 0.498. The summed E-state index contributed by atoms with van der Waals surface area (Å²) in [6.07, 6.45) is 28.3. The molecule has 2 aromatic carbocycles. The topological polar surface area (TPSA) is 47.7 Å². The molecule has 0 aliphatic rings. The summed E-state index contributed by atoms with van der Waals surface area (Å²) >= 11 is 0. The van der Waals surface area contributed by atoms with Gasteiger partial charge in [0, 0.05) is 5.92 Å². The van der Waals surface area contributed by atoms with Crippen LogP contribution >= 0.6 is 0 Å². The molecule has 2 aromatic rings. The molecule has 0 bridgehead atoms. The Labute approximate surface area is 298 Å². The first-order valence-corrected chi connectivity index (χ1v) is 20.8. The molecule has 2 rings (SSSR count). The smallest absolute Gasteiger partial charge is 0.0596 e. The average molecular weight is 657 g/mol. The highest BCUT2D eigenvalue weighted by atomic mass is 14.5. The van der Waals surface area contributed by atoms with Crippen molar-refractivity contribution in [2.75, 3.05) is 0 Å². The lowest BCUT2D eigenvalue weighted by Gasteiger charge is -2.25. The zero-order valence-corrected chi connectivity index (χ0v) is 32.6. The van der Waals surface area contributed by atoms with Crippen molar-refractivity contribution in [3.8, 4) is 0 Å². The standard InChI is InChI=1S/C46H76N2/c1-7-13-18-23-28-45(47)46(48)44(43-35-39(26-21-16-10-4)32-40(36-43)27-22-17-11-5)30-29-41(12-6)42-33-37(24-19-14-8-2)31-38(34-42)25-20-15-9-3/h31-36,41,44,47-48H,7-30H2,1-6H3. The molecule has 0 saturated carbocycles. The summed E-state index contributed by atoms with van der Waals surface area (Å²) in [5.41, 5.74) is 9.94. The molecule has 2 atom stereocenters. The Morgan fingerprint density at radius 1 is 0.458 bits per heavy atom. The van der Waals surface area contributed by atoms with Gasteiger partial charge < -0.3 is 10.8 Å². The summed E-state index contributed by atoms with van der Waals surface area (Å²) in [4.78, 5) is 0. The molecule has 0 aliphatic heterocycles. The van der Waals surface area contributed by atoms with Crippen LogP contribution in [0, 0.1) is 10.8 Å². The fourth-order valence-corrected chi connectivity index (χ4v) is 7.44. The van der Waals surface area contributed by atoms with Crippen molar-refractivity contribution in [3.63, 3.8) is 0 Å². The van der Waals surface area contributed by atoms with Crippen LogP contribution in [0.1, 0.15) is 215 Å². The van der Waals surface area contributed by atoms with Crippen LogP contribution in [-0.4, -0.2) is 11.4 Å². The van der Waals surface area contributed by atoms with Crippen LogP contribution in [-0.2, 0) is 25.7 Å². The number of rotatable bonds is 29. The van der Waals surface area contributed by atoms with Crippen molar-refractivity contribution in [2.24, 2.45) is 0 Å². The second-order valence-corrected chi connectivity index (χ2v) is 14.9. The molecule has 2 heteroatoms. The van der Waals surface area contributed by atoms with Crippen LogP contribution in [0.25, 0.3) is 0 Å². The molecule has 0 amide bonds. The Morgan fingerprint density at radius 3 is 1.25 bits per heavy atom. The average Bonchev–Trinajstić information content (AvgIpc) is 3.08. The van der Waals surface area contributed by atoms with Gasteiger partial charge in [-0.25, -0.2) is 0 Å². The number of hydrogen-bond acceptors (Lipinski definition) is 2. The van der Waals surface area contributed by atoms with E-state index in [0.29, 0.717) is 17.3 Å². The van der Waals surface area contributed by atoms with E-state index in [2.05, 4.69) is 77.9 Å². The van der Waals surface area contributed by atoms with Gasteiger partial charge in [-0.05, 0) is 123 Å². The maximum atomic E-state index is 9.48. The van der Waals surface area contributed by atoms with Gasteiger partial charge in [0.2, 0.25) is 0 Å². The van der Waals surface area contributed by atoms with E-state index in [1.807, 2.05) is 0 Å². The maximum Gasteiger partial charge on any atom is 0.0596 e. The second-order valence-electron chi connectivity index (χ2n) is 14.9. The van der Waals surface area contributed by atoms with Crippen LogP contribution in [0.3, 0.4) is 0 Å². The lowest BCUT2D eigenvalue weighted by Crippen LogP contribution is -2.22. The summed E-state index contributed by atoms with van der Waals surface area (Å²) in [6, 6.07) is 14.9. The highest BCUT2D eigenvalue weighted by Gasteiger charge is 2.24. The molecule has 0 heterocycles. The Kier molecular flexibility index (Phi) is 22.5. The van der Waals surface area contributed by atoms with Crippen LogP contribution < -0.4 is 0 Å². The Bertz CT molecular complexity index is 1100. The maximum absolute atomic E-state index is 9.48. The van der Waals surface area contributed by atoms with Crippen molar-refractivity contribution in [3.05, 3.63) is 69.8 Å². The molecule has 2 nitrogen and oxygen atoms in total. The lowest BCUT2D eigenvalue weighted by molar-refractivity contribution is 0.560. The first kappa shape index (κ1) is 41.9. The molecule has 0 spiro atoms. The minimum atomic E-state index is 0.00513. The molecular formula is C46H76N2. The van der Waals surface area contributed by atoms with Crippen molar-refractivity contribution in [2.45, 2.75) is 207 Å². The van der Waals surface area contributed by atoms with E-state index in [-0.39, 0.29) is 5.92 Å². The number of unbranched alkanes of at least 4 members (excludes halogenated alkanes) is 11. The van der Waals surface area contributed by atoms with E-state index in [1.54, 1.807) is 0 Å². The van der Waals surface area contributed by atoms with Crippen LogP contribution in [0.5, 0.6) is 0 Å². The lowest BCUT2D eigenvalue weighted by atomic mass is 9.80. The summed E-state index contributed by atoms with van der Waals surface area (Å²) in [6.45, 7) is 13.8. The van der Waals surface area contributed by atoms with E-state index >= 15 is 0 Å². The highest BCUT2D eigenvalue weighted by molar-refractivity contribution is 6.41. The van der Waals surface area contributed by atoms with Gasteiger partial charge >= 0.3 is 0 Å². The fourth-order valence-electron chi connectivity index (χ4n) is 7.44. The SMILES string of the molecule is CCCCCCC(=N)C(=N)C(CCC(CC)c1cc(CCCCC)cc(CCCCC)c1)c1cc(CCCCC)cc(CCCCC)c1. The molecule has 48 heavy (non-hydrogen) atoms. The molecule has 0 aliphatic carbocycles. The molecule has 2 unspecified atom stereocenters. The normalized spacial score (nSPS) is 12.7. The third kappa shape index (κ3) is 16.0. The fraction of sp³-hybridized carbons (Fsp3) is 0.696. The molecule has 2 N–H and O–H groups in total. The molecule has 0 fully saturated rings. The Balaban J connectivity index is 2.44. The summed E-state index contributed by atoms with van der Waals surface area (Å²) < 4.78 is 0. The van der Waals surface area contributed by atoms with Gasteiger partial charge in [-0.1, -0.05) is 149 Å². The quantitative estimate of drug-likeness (QED) is 0.0646. The minimum Gasteiger partial charge on any atom is -0.303 e. The van der Waals surface area contributed by atoms with Crippen molar-refractivity contribution < 1.29 is 0 Å². The monoisotopic (exact) mass is 657 g/mol. The summed E-state index contributed by atoms with van der Waals surface area (Å²) in [5, 5.41) is 18.6. The van der Waals surface area contributed by atoms with Crippen molar-refractivity contribution in [1.82, 2.24) is 0 Å². The van der Waals surface area contributed by atoms with Gasteiger partial charge in [0.15, 0.2) is 0 Å². The molecular weight excluding hydrogens is 581 g/mol. The molecule has 0 aromatic heterocycles. The highest BCUT2D eigenvalue weighted by Crippen LogP contribution is 2.34. The van der Waals surface area contributed by atoms with Crippen LogP contribution in [0.2, 0.25) is 0 Å². The van der Waals surface area contributed by atoms with Gasteiger partial charge in [-0.2, -0.15) is 0 Å². The number of benzene rings is 2. The van der Waals surface area contributed by atoms with Crippen LogP contribution in [0.4, 0.5) is 0 Å². The third-order valence-corrected chi connectivity index (χ3v) is 10.6. The Morgan fingerprint density at radius 2 is 0.854 bits per heavy atom. The van der Waals surface area contributed by atoms with Crippen molar-refractivity contribution in [1.29, 1.82) is 10.8 Å². The van der Waals surface area contributed by atoms with Gasteiger partial charge in [0.05, 0.1) is 11.4 Å². The first-order chi connectivity index (χ1) is 23.4. The molecule has 0 saturated heterocycles. The third-order valence-electron chi connectivity index (χ3n) is 10.6. The van der Waals surface area contributed by atoms with E-state index in [9.17, 15) is 5.41 Å². The zero-order valence-electron chi connectivity index (χ0n) is 32.6. The largest absolute Gasteiger partial charge is 0.303 e. The molecule has 270 valence electrons. The number of aryl methyl sites for hydroxylation is 4. The van der Waals surface area contributed by atoms with E-state index in [0.717, 1.165) is 44.9 Å². The van der Waals surface area contributed by atoms with Crippen LogP contribution in [0.15, 0.2) is 36.4 Å². The number of nitrogens with one attached hydrogen (secondary N) is 2. The van der Waals surface area contributed by atoms with Gasteiger partial charge in [0.1, 0.15) is 0 Å². The van der Waals surface area contributed by atoms with Crippen molar-refractivity contribution >= 4 is 11.4 Å². The van der Waals surface area contributed by atoms with Gasteiger partial charge in [-0.3, -0.25) is 0 Å². The minimum absolute atomic E-state index is 0.00513. The first-order valence-electron chi connectivity index (χ1n) is 20.8. The predicted molar refractivity (Wildman–Crippen MR) is 215 cm³/mol.